The Bertz CT molecular complexity index is 1340. The maximum atomic E-state index is 13.0. The van der Waals surface area contributed by atoms with Crippen molar-refractivity contribution in [2.24, 2.45) is 14.1 Å². The second kappa shape index (κ2) is 6.77. The fourth-order valence-corrected chi connectivity index (χ4v) is 3.49. The van der Waals surface area contributed by atoms with Gasteiger partial charge in [-0.2, -0.15) is 10.1 Å². The molecule has 0 saturated carbocycles. The summed E-state index contributed by atoms with van der Waals surface area (Å²) in [6.45, 7) is 4.21. The fourth-order valence-electron chi connectivity index (χ4n) is 3.49. The lowest BCUT2D eigenvalue weighted by Crippen LogP contribution is -2.37. The van der Waals surface area contributed by atoms with Crippen molar-refractivity contribution in [3.05, 3.63) is 68.1 Å². The molecule has 0 aliphatic rings. The number of hydrogen-bond donors (Lipinski definition) is 0. The maximum Gasteiger partial charge on any atom is 0.332 e. The van der Waals surface area contributed by atoms with Gasteiger partial charge in [-0.1, -0.05) is 12.1 Å². The van der Waals surface area contributed by atoms with Gasteiger partial charge in [-0.25, -0.2) is 9.48 Å². The first-order chi connectivity index (χ1) is 13.8. The minimum Gasteiger partial charge on any atom is -0.497 e. The van der Waals surface area contributed by atoms with E-state index in [2.05, 4.69) is 10.1 Å². The summed E-state index contributed by atoms with van der Waals surface area (Å²) in [4.78, 5) is 30.0. The summed E-state index contributed by atoms with van der Waals surface area (Å²) in [6.07, 6.45) is 0. The van der Waals surface area contributed by atoms with Gasteiger partial charge in [0.1, 0.15) is 5.75 Å². The molecule has 0 fully saturated rings. The highest BCUT2D eigenvalue weighted by atomic mass is 16.5. The second-order valence-corrected chi connectivity index (χ2v) is 7.06. The predicted octanol–water partition coefficient (Wildman–Crippen LogP) is 1.29. The van der Waals surface area contributed by atoms with Crippen molar-refractivity contribution in [3.63, 3.8) is 0 Å². The Hall–Kier alpha value is -3.62. The van der Waals surface area contributed by atoms with Gasteiger partial charge in [0, 0.05) is 19.8 Å². The van der Waals surface area contributed by atoms with E-state index in [1.165, 1.54) is 11.6 Å². The molecule has 0 aliphatic carbocycles. The number of nitrogens with zero attached hydrogens (tertiary/aromatic N) is 6. The van der Waals surface area contributed by atoms with Crippen molar-refractivity contribution in [2.75, 3.05) is 7.11 Å². The summed E-state index contributed by atoms with van der Waals surface area (Å²) < 4.78 is 11.2. The maximum absolute atomic E-state index is 13.0. The van der Waals surface area contributed by atoms with Crippen molar-refractivity contribution in [3.8, 4) is 11.7 Å². The summed E-state index contributed by atoms with van der Waals surface area (Å²) in [6, 6.07) is 9.54. The average molecular weight is 394 g/mol. The molecule has 0 aliphatic heterocycles. The van der Waals surface area contributed by atoms with Gasteiger partial charge in [-0.05, 0) is 37.6 Å². The Morgan fingerprint density at radius 1 is 1.03 bits per heavy atom. The van der Waals surface area contributed by atoms with Crippen LogP contribution in [0.4, 0.5) is 0 Å². The summed E-state index contributed by atoms with van der Waals surface area (Å²) in [7, 11) is 4.70. The molecule has 9 heteroatoms. The molecule has 29 heavy (non-hydrogen) atoms. The van der Waals surface area contributed by atoms with E-state index in [1.807, 2.05) is 44.2 Å². The zero-order valence-electron chi connectivity index (χ0n) is 17.0. The molecule has 3 heterocycles. The van der Waals surface area contributed by atoms with Gasteiger partial charge in [0.25, 0.3) is 5.56 Å². The van der Waals surface area contributed by atoms with Crippen molar-refractivity contribution in [1.29, 1.82) is 0 Å². The Labute approximate surface area is 166 Å². The summed E-state index contributed by atoms with van der Waals surface area (Å²) in [5, 5.41) is 4.53. The quantitative estimate of drug-likeness (QED) is 0.520. The first-order valence-corrected chi connectivity index (χ1v) is 9.14. The molecule has 0 bridgehead atoms. The Morgan fingerprint density at radius 3 is 2.31 bits per heavy atom. The van der Waals surface area contributed by atoms with Crippen LogP contribution < -0.4 is 16.0 Å². The van der Waals surface area contributed by atoms with Crippen LogP contribution in [0.25, 0.3) is 17.1 Å². The number of ether oxygens (including phenoxy) is 1. The minimum absolute atomic E-state index is 0.328. The van der Waals surface area contributed by atoms with Crippen LogP contribution >= 0.6 is 0 Å². The first-order valence-electron chi connectivity index (χ1n) is 9.14. The summed E-state index contributed by atoms with van der Waals surface area (Å²) in [5.41, 5.74) is 2.56. The standard InChI is InChI=1S/C20H22N6O3/c1-12-10-13(2)26(22-12)19-21-17-16(18(27)24(4)20(28)23(17)3)25(19)11-14-6-8-15(29-5)9-7-14/h6-10H,11H2,1-5H3. The highest BCUT2D eigenvalue weighted by Gasteiger charge is 2.21. The molecule has 0 unspecified atom stereocenters. The van der Waals surface area contributed by atoms with Crippen molar-refractivity contribution >= 4 is 11.2 Å². The number of aromatic nitrogens is 6. The van der Waals surface area contributed by atoms with E-state index >= 15 is 0 Å². The van der Waals surface area contributed by atoms with E-state index in [0.29, 0.717) is 23.7 Å². The minimum atomic E-state index is -0.420. The van der Waals surface area contributed by atoms with E-state index in [9.17, 15) is 9.59 Å². The molecule has 0 atom stereocenters. The molecule has 9 nitrogen and oxygen atoms in total. The third kappa shape index (κ3) is 2.95. The van der Waals surface area contributed by atoms with E-state index in [4.69, 9.17) is 4.74 Å². The van der Waals surface area contributed by atoms with Crippen molar-refractivity contribution in [2.45, 2.75) is 20.4 Å². The smallest absolute Gasteiger partial charge is 0.332 e. The van der Waals surface area contributed by atoms with Crippen LogP contribution in [0.15, 0.2) is 39.9 Å². The highest BCUT2D eigenvalue weighted by Crippen LogP contribution is 2.20. The van der Waals surface area contributed by atoms with Crippen LogP contribution in [0.1, 0.15) is 17.0 Å². The van der Waals surface area contributed by atoms with E-state index in [0.717, 1.165) is 27.3 Å². The largest absolute Gasteiger partial charge is 0.497 e. The Balaban J connectivity index is 2.03. The monoisotopic (exact) mass is 394 g/mol. The second-order valence-electron chi connectivity index (χ2n) is 7.06. The molecular weight excluding hydrogens is 372 g/mol. The lowest BCUT2D eigenvalue weighted by molar-refractivity contribution is 0.414. The number of aryl methyl sites for hydroxylation is 3. The number of fused-ring (bicyclic) bond motifs is 1. The molecular formula is C20H22N6O3. The predicted molar refractivity (Wildman–Crippen MR) is 109 cm³/mol. The first kappa shape index (κ1) is 18.7. The third-order valence-corrected chi connectivity index (χ3v) is 5.03. The van der Waals surface area contributed by atoms with Gasteiger partial charge in [0.05, 0.1) is 19.3 Å². The molecule has 4 aromatic rings. The van der Waals surface area contributed by atoms with Gasteiger partial charge >= 0.3 is 5.69 Å². The highest BCUT2D eigenvalue weighted by molar-refractivity contribution is 5.73. The SMILES string of the molecule is COc1ccc(Cn2c(-n3nc(C)cc3C)nc3c2c(=O)n(C)c(=O)n3C)cc1. The molecule has 0 N–H and O–H groups in total. The summed E-state index contributed by atoms with van der Waals surface area (Å²) in [5.74, 6) is 1.24. The van der Waals surface area contributed by atoms with Crippen LogP contribution in [0.3, 0.4) is 0 Å². The average Bonchev–Trinajstić information content (AvgIpc) is 3.24. The van der Waals surface area contributed by atoms with Crippen LogP contribution in [0.5, 0.6) is 5.75 Å². The third-order valence-electron chi connectivity index (χ3n) is 5.03. The summed E-state index contributed by atoms with van der Waals surface area (Å²) >= 11 is 0. The zero-order chi connectivity index (χ0) is 20.9. The molecule has 150 valence electrons. The van der Waals surface area contributed by atoms with Crippen LogP contribution in [0.2, 0.25) is 0 Å². The van der Waals surface area contributed by atoms with Gasteiger partial charge in [0.15, 0.2) is 11.2 Å². The van der Waals surface area contributed by atoms with Crippen molar-refractivity contribution < 1.29 is 4.74 Å². The van der Waals surface area contributed by atoms with Gasteiger partial charge < -0.3 is 4.74 Å². The van der Waals surface area contributed by atoms with E-state index in [-0.39, 0.29) is 0 Å². The number of imidazole rings is 1. The normalized spacial score (nSPS) is 11.3. The lowest BCUT2D eigenvalue weighted by atomic mass is 10.2. The topological polar surface area (TPSA) is 88.9 Å². The molecule has 0 radical (unpaired) electrons. The Morgan fingerprint density at radius 2 is 1.72 bits per heavy atom. The number of hydrogen-bond acceptors (Lipinski definition) is 5. The number of benzene rings is 1. The van der Waals surface area contributed by atoms with E-state index in [1.54, 1.807) is 23.4 Å². The van der Waals surface area contributed by atoms with Gasteiger partial charge in [-0.3, -0.25) is 18.5 Å². The fraction of sp³-hybridized carbons (Fsp3) is 0.300. The van der Waals surface area contributed by atoms with Crippen molar-refractivity contribution in [1.82, 2.24) is 28.5 Å². The zero-order valence-corrected chi connectivity index (χ0v) is 17.0. The van der Waals surface area contributed by atoms with Crippen LogP contribution in [-0.2, 0) is 20.6 Å². The van der Waals surface area contributed by atoms with Crippen LogP contribution in [-0.4, -0.2) is 35.6 Å². The molecule has 0 spiro atoms. The number of rotatable bonds is 4. The molecule has 0 amide bonds. The lowest BCUT2D eigenvalue weighted by Gasteiger charge is -2.11. The van der Waals surface area contributed by atoms with Gasteiger partial charge in [0.2, 0.25) is 5.95 Å². The number of methoxy groups -OCH3 is 1. The molecule has 0 saturated heterocycles. The molecule has 1 aromatic carbocycles. The van der Waals surface area contributed by atoms with Crippen LogP contribution in [0, 0.1) is 13.8 Å². The van der Waals surface area contributed by atoms with E-state index < -0.39 is 11.2 Å². The van der Waals surface area contributed by atoms with Gasteiger partial charge in [-0.15, -0.1) is 0 Å². The molecule has 3 aromatic heterocycles. The Kier molecular flexibility index (Phi) is 4.37. The molecule has 4 rings (SSSR count).